The Hall–Kier alpha value is -0.470. The highest BCUT2D eigenvalue weighted by molar-refractivity contribution is 8.00. The molecular weight excluding hydrogens is 178 g/mol. The van der Waals surface area contributed by atoms with Gasteiger partial charge in [0.25, 0.3) is 0 Å². The summed E-state index contributed by atoms with van der Waals surface area (Å²) in [6.45, 7) is 3.45. The quantitative estimate of drug-likeness (QED) is 0.736. The van der Waals surface area contributed by atoms with E-state index in [1.807, 2.05) is 11.8 Å². The first kappa shape index (κ1) is 9.10. The van der Waals surface area contributed by atoms with Crippen LogP contribution >= 0.6 is 11.8 Å². The number of nitrogens with one attached hydrogen (secondary N) is 1. The highest BCUT2D eigenvalue weighted by atomic mass is 32.2. The van der Waals surface area contributed by atoms with Gasteiger partial charge in [0, 0.05) is 5.25 Å². The van der Waals surface area contributed by atoms with Gasteiger partial charge in [-0.1, -0.05) is 37.3 Å². The van der Waals surface area contributed by atoms with Gasteiger partial charge in [-0.15, -0.1) is 11.8 Å². The predicted octanol–water partition coefficient (Wildman–Crippen LogP) is 2.80. The lowest BCUT2D eigenvalue weighted by molar-refractivity contribution is 0.605. The van der Waals surface area contributed by atoms with Crippen LogP contribution < -0.4 is 5.32 Å². The molecule has 13 heavy (non-hydrogen) atoms. The van der Waals surface area contributed by atoms with Gasteiger partial charge in [0.05, 0.1) is 5.37 Å². The third kappa shape index (κ3) is 2.26. The van der Waals surface area contributed by atoms with Gasteiger partial charge in [0.15, 0.2) is 0 Å². The second kappa shape index (κ2) is 4.16. The molecule has 0 spiro atoms. The summed E-state index contributed by atoms with van der Waals surface area (Å²) < 4.78 is 0. The molecular formula is C11H15NS. The lowest BCUT2D eigenvalue weighted by Gasteiger charge is -2.27. The minimum Gasteiger partial charge on any atom is -0.302 e. The van der Waals surface area contributed by atoms with Crippen molar-refractivity contribution in [3.8, 4) is 0 Å². The molecule has 2 heteroatoms. The Balaban J connectivity index is 2.08. The number of hydrogen-bond acceptors (Lipinski definition) is 2. The number of thioether (sulfide) groups is 1. The van der Waals surface area contributed by atoms with Crippen LogP contribution in [0.5, 0.6) is 0 Å². The Labute approximate surface area is 83.9 Å². The molecule has 2 atom stereocenters. The smallest absolute Gasteiger partial charge is 0.0792 e. The van der Waals surface area contributed by atoms with E-state index >= 15 is 0 Å². The van der Waals surface area contributed by atoms with E-state index < -0.39 is 0 Å². The summed E-state index contributed by atoms with van der Waals surface area (Å²) in [7, 11) is 0. The van der Waals surface area contributed by atoms with E-state index in [1.165, 1.54) is 12.0 Å². The van der Waals surface area contributed by atoms with Gasteiger partial charge >= 0.3 is 0 Å². The summed E-state index contributed by atoms with van der Waals surface area (Å²) >= 11 is 2.03. The second-order valence-corrected chi connectivity index (χ2v) is 5.03. The molecule has 70 valence electrons. The van der Waals surface area contributed by atoms with Crippen molar-refractivity contribution in [2.45, 2.75) is 24.0 Å². The normalized spacial score (nSPS) is 28.7. The van der Waals surface area contributed by atoms with E-state index in [0.29, 0.717) is 5.37 Å². The van der Waals surface area contributed by atoms with Crippen molar-refractivity contribution in [2.75, 3.05) is 6.54 Å². The van der Waals surface area contributed by atoms with Gasteiger partial charge in [-0.2, -0.15) is 0 Å². The van der Waals surface area contributed by atoms with Crippen LogP contribution in [0.3, 0.4) is 0 Å². The van der Waals surface area contributed by atoms with E-state index in [0.717, 1.165) is 11.8 Å². The molecule has 1 aliphatic rings. The summed E-state index contributed by atoms with van der Waals surface area (Å²) in [5.41, 5.74) is 1.40. The predicted molar refractivity (Wildman–Crippen MR) is 58.9 cm³/mol. The summed E-state index contributed by atoms with van der Waals surface area (Å²) in [5, 5.41) is 4.82. The lowest BCUT2D eigenvalue weighted by Crippen LogP contribution is -2.28. The Bertz CT molecular complexity index is 260. The Morgan fingerprint density at radius 2 is 2.08 bits per heavy atom. The zero-order valence-corrected chi connectivity index (χ0v) is 8.68. The van der Waals surface area contributed by atoms with Crippen molar-refractivity contribution < 1.29 is 0 Å². The van der Waals surface area contributed by atoms with E-state index in [2.05, 4.69) is 42.6 Å². The average molecular weight is 193 g/mol. The molecule has 0 aromatic heterocycles. The number of benzene rings is 1. The fraction of sp³-hybridized carbons (Fsp3) is 0.455. The maximum Gasteiger partial charge on any atom is 0.0792 e. The molecule has 1 fully saturated rings. The van der Waals surface area contributed by atoms with Crippen LogP contribution in [-0.4, -0.2) is 11.8 Å². The van der Waals surface area contributed by atoms with Crippen molar-refractivity contribution >= 4 is 11.8 Å². The number of rotatable bonds is 1. The van der Waals surface area contributed by atoms with Gasteiger partial charge in [0.2, 0.25) is 0 Å². The molecule has 0 radical (unpaired) electrons. The number of hydrogen-bond donors (Lipinski definition) is 1. The zero-order valence-electron chi connectivity index (χ0n) is 7.86. The molecule has 1 aromatic carbocycles. The first-order valence-corrected chi connectivity index (χ1v) is 5.74. The Morgan fingerprint density at radius 3 is 2.77 bits per heavy atom. The summed E-state index contributed by atoms with van der Waals surface area (Å²) in [5.74, 6) is 0. The highest BCUT2D eigenvalue weighted by Crippen LogP contribution is 2.33. The fourth-order valence-electron chi connectivity index (χ4n) is 1.59. The van der Waals surface area contributed by atoms with Gasteiger partial charge in [-0.05, 0) is 18.5 Å². The zero-order chi connectivity index (χ0) is 9.10. The minimum absolute atomic E-state index is 0.505. The van der Waals surface area contributed by atoms with Crippen molar-refractivity contribution in [1.82, 2.24) is 5.32 Å². The van der Waals surface area contributed by atoms with E-state index in [4.69, 9.17) is 0 Å². The van der Waals surface area contributed by atoms with Gasteiger partial charge < -0.3 is 5.32 Å². The SMILES string of the molecule is CC1CCNC(c2ccccc2)S1. The van der Waals surface area contributed by atoms with E-state index in [9.17, 15) is 0 Å². The Kier molecular flexibility index (Phi) is 2.91. The summed E-state index contributed by atoms with van der Waals surface area (Å²) in [6.07, 6.45) is 1.29. The Morgan fingerprint density at radius 1 is 1.31 bits per heavy atom. The van der Waals surface area contributed by atoms with Crippen molar-refractivity contribution in [2.24, 2.45) is 0 Å². The molecule has 0 saturated carbocycles. The molecule has 1 N–H and O–H groups in total. The molecule has 0 amide bonds. The third-order valence-corrected chi connectivity index (χ3v) is 3.76. The van der Waals surface area contributed by atoms with Crippen molar-refractivity contribution in [1.29, 1.82) is 0 Å². The average Bonchev–Trinajstić information content (AvgIpc) is 2.19. The minimum atomic E-state index is 0.505. The third-order valence-electron chi connectivity index (χ3n) is 2.35. The first-order valence-electron chi connectivity index (χ1n) is 4.80. The lowest BCUT2D eigenvalue weighted by atomic mass is 10.2. The van der Waals surface area contributed by atoms with Gasteiger partial charge in [-0.3, -0.25) is 0 Å². The van der Waals surface area contributed by atoms with Crippen LogP contribution in [0.15, 0.2) is 30.3 Å². The highest BCUT2D eigenvalue weighted by Gasteiger charge is 2.19. The molecule has 2 unspecified atom stereocenters. The van der Waals surface area contributed by atoms with Crippen LogP contribution in [0.4, 0.5) is 0 Å². The largest absolute Gasteiger partial charge is 0.302 e. The monoisotopic (exact) mass is 193 g/mol. The standard InChI is InChI=1S/C11H15NS/c1-9-7-8-12-11(13-9)10-5-3-2-4-6-10/h2-6,9,11-12H,7-8H2,1H3. The van der Waals surface area contributed by atoms with Gasteiger partial charge in [0.1, 0.15) is 0 Å². The topological polar surface area (TPSA) is 12.0 Å². The van der Waals surface area contributed by atoms with Crippen LogP contribution in [0.2, 0.25) is 0 Å². The van der Waals surface area contributed by atoms with Gasteiger partial charge in [-0.25, -0.2) is 0 Å². The molecule has 1 aromatic rings. The molecule has 1 aliphatic heterocycles. The van der Waals surface area contributed by atoms with Crippen molar-refractivity contribution in [3.63, 3.8) is 0 Å². The maximum atomic E-state index is 3.53. The van der Waals surface area contributed by atoms with Crippen molar-refractivity contribution in [3.05, 3.63) is 35.9 Å². The summed E-state index contributed by atoms with van der Waals surface area (Å²) in [4.78, 5) is 0. The van der Waals surface area contributed by atoms with E-state index in [-0.39, 0.29) is 0 Å². The molecule has 1 nitrogen and oxygen atoms in total. The molecule has 0 aliphatic carbocycles. The first-order chi connectivity index (χ1) is 6.36. The van der Waals surface area contributed by atoms with Crippen LogP contribution in [0, 0.1) is 0 Å². The molecule has 1 heterocycles. The fourth-order valence-corrected chi connectivity index (χ4v) is 2.84. The second-order valence-electron chi connectivity index (χ2n) is 3.48. The molecule has 1 saturated heterocycles. The van der Waals surface area contributed by atoms with Crippen LogP contribution in [0.1, 0.15) is 24.3 Å². The molecule has 0 bridgehead atoms. The molecule has 2 rings (SSSR count). The van der Waals surface area contributed by atoms with E-state index in [1.54, 1.807) is 0 Å². The van der Waals surface area contributed by atoms with Crippen LogP contribution in [0.25, 0.3) is 0 Å². The van der Waals surface area contributed by atoms with Crippen LogP contribution in [-0.2, 0) is 0 Å². The maximum absolute atomic E-state index is 3.53. The summed E-state index contributed by atoms with van der Waals surface area (Å²) in [6, 6.07) is 10.7.